The number of carboxylic acids is 2. The van der Waals surface area contributed by atoms with Crippen LogP contribution in [-0.4, -0.2) is 33.7 Å². The van der Waals surface area contributed by atoms with Gasteiger partial charge >= 0.3 is 17.9 Å². The second kappa shape index (κ2) is 4.51. The molecule has 2 N–H and O–H groups in total. The molecule has 1 atom stereocenters. The molecule has 0 rings (SSSR count). The van der Waals surface area contributed by atoms with Crippen LogP contribution in [0.5, 0.6) is 0 Å². The van der Waals surface area contributed by atoms with Crippen molar-refractivity contribution >= 4 is 17.9 Å². The highest BCUT2D eigenvalue weighted by Gasteiger charge is 2.46. The van der Waals surface area contributed by atoms with Crippen LogP contribution in [-0.2, 0) is 19.1 Å². The molecule has 0 fully saturated rings. The Hall–Kier alpha value is -1.59. The van der Waals surface area contributed by atoms with E-state index in [0.29, 0.717) is 0 Å². The maximum absolute atomic E-state index is 11.6. The molecule has 16 heavy (non-hydrogen) atoms. The van der Waals surface area contributed by atoms with Crippen molar-refractivity contribution < 1.29 is 29.3 Å². The maximum Gasteiger partial charge on any atom is 0.324 e. The number of carbonyl (C=O) groups excluding carboxylic acids is 1. The van der Waals surface area contributed by atoms with Gasteiger partial charge in [0.05, 0.1) is 6.42 Å². The van der Waals surface area contributed by atoms with Gasteiger partial charge in [0.15, 0.2) is 5.41 Å². The molecule has 92 valence electrons. The molecule has 0 saturated carbocycles. The van der Waals surface area contributed by atoms with Crippen molar-refractivity contribution in [1.82, 2.24) is 0 Å². The van der Waals surface area contributed by atoms with Crippen LogP contribution in [0.25, 0.3) is 0 Å². The summed E-state index contributed by atoms with van der Waals surface area (Å²) in [6.07, 6.45) is -0.808. The van der Waals surface area contributed by atoms with Crippen LogP contribution in [0.2, 0.25) is 0 Å². The normalized spacial score (nSPS) is 15.0. The van der Waals surface area contributed by atoms with Crippen LogP contribution in [0.4, 0.5) is 0 Å². The predicted octanol–water partition coefficient (Wildman–Crippen LogP) is 0.894. The zero-order valence-corrected chi connectivity index (χ0v) is 9.73. The van der Waals surface area contributed by atoms with Crippen molar-refractivity contribution in [3.8, 4) is 0 Å². The third-order valence-corrected chi connectivity index (χ3v) is 1.83. The number of carbonyl (C=O) groups is 3. The zero-order chi connectivity index (χ0) is 13.1. The van der Waals surface area contributed by atoms with Crippen LogP contribution in [0, 0.1) is 5.41 Å². The van der Waals surface area contributed by atoms with Gasteiger partial charge in [-0.1, -0.05) is 0 Å². The molecule has 0 aromatic heterocycles. The predicted molar refractivity (Wildman–Crippen MR) is 53.8 cm³/mol. The number of rotatable bonds is 4. The molecule has 0 bridgehead atoms. The number of aliphatic carboxylic acids is 2. The van der Waals surface area contributed by atoms with E-state index in [1.807, 2.05) is 0 Å². The summed E-state index contributed by atoms with van der Waals surface area (Å²) in [4.78, 5) is 33.0. The fourth-order valence-electron chi connectivity index (χ4n) is 0.928. The molecular formula is C10H16O6. The highest BCUT2D eigenvalue weighted by Crippen LogP contribution is 2.26. The van der Waals surface area contributed by atoms with E-state index in [9.17, 15) is 14.4 Å². The monoisotopic (exact) mass is 232 g/mol. The van der Waals surface area contributed by atoms with E-state index in [4.69, 9.17) is 14.9 Å². The molecule has 0 spiro atoms. The first-order chi connectivity index (χ1) is 6.99. The van der Waals surface area contributed by atoms with Gasteiger partial charge in [0.25, 0.3) is 0 Å². The summed E-state index contributed by atoms with van der Waals surface area (Å²) in [6.45, 7) is 5.77. The summed E-state index contributed by atoms with van der Waals surface area (Å²) >= 11 is 0. The third-order valence-electron chi connectivity index (χ3n) is 1.83. The first kappa shape index (κ1) is 14.4. The van der Waals surface area contributed by atoms with E-state index in [0.717, 1.165) is 6.92 Å². The van der Waals surface area contributed by atoms with E-state index >= 15 is 0 Å². The number of carboxylic acid groups (broad SMARTS) is 2. The van der Waals surface area contributed by atoms with Crippen molar-refractivity contribution in [3.63, 3.8) is 0 Å². The molecule has 0 aromatic rings. The topological polar surface area (TPSA) is 101 Å². The number of hydrogen-bond donors (Lipinski definition) is 2. The molecule has 0 aliphatic heterocycles. The van der Waals surface area contributed by atoms with Gasteiger partial charge in [-0.15, -0.1) is 0 Å². The van der Waals surface area contributed by atoms with Gasteiger partial charge in [-0.05, 0) is 27.7 Å². The maximum atomic E-state index is 11.6. The summed E-state index contributed by atoms with van der Waals surface area (Å²) in [6, 6.07) is 0. The molecular weight excluding hydrogens is 216 g/mol. The second-order valence-corrected chi connectivity index (χ2v) is 4.71. The number of ether oxygens (including phenoxy) is 1. The molecule has 1 unspecified atom stereocenters. The summed E-state index contributed by atoms with van der Waals surface area (Å²) in [5.41, 5.74) is -2.91. The lowest BCUT2D eigenvalue weighted by Crippen LogP contribution is -2.42. The first-order valence-corrected chi connectivity index (χ1v) is 4.67. The number of hydrogen-bond acceptors (Lipinski definition) is 4. The fourth-order valence-corrected chi connectivity index (χ4v) is 0.928. The molecule has 0 heterocycles. The Labute approximate surface area is 93.2 Å². The Bertz CT molecular complexity index is 314. The average molecular weight is 232 g/mol. The molecule has 0 radical (unpaired) electrons. The molecule has 0 aliphatic rings. The Morgan fingerprint density at radius 1 is 1.06 bits per heavy atom. The largest absolute Gasteiger partial charge is 0.481 e. The van der Waals surface area contributed by atoms with Gasteiger partial charge in [0.2, 0.25) is 0 Å². The zero-order valence-electron chi connectivity index (χ0n) is 9.73. The van der Waals surface area contributed by atoms with Crippen molar-refractivity contribution in [2.24, 2.45) is 5.41 Å². The summed E-state index contributed by atoms with van der Waals surface area (Å²) in [5.74, 6) is -3.92. The third kappa shape index (κ3) is 3.88. The Morgan fingerprint density at radius 2 is 1.50 bits per heavy atom. The van der Waals surface area contributed by atoms with Gasteiger partial charge in [-0.2, -0.15) is 0 Å². The van der Waals surface area contributed by atoms with Gasteiger partial charge in [-0.25, -0.2) is 0 Å². The van der Waals surface area contributed by atoms with E-state index in [1.165, 1.54) is 0 Å². The fraction of sp³-hybridized carbons (Fsp3) is 0.700. The van der Waals surface area contributed by atoms with Crippen molar-refractivity contribution in [2.45, 2.75) is 39.7 Å². The van der Waals surface area contributed by atoms with Crippen LogP contribution >= 0.6 is 0 Å². The lowest BCUT2D eigenvalue weighted by Gasteiger charge is -2.27. The van der Waals surface area contributed by atoms with Gasteiger partial charge < -0.3 is 14.9 Å². The molecule has 6 heteroatoms. The standard InChI is InChI=1S/C10H16O6/c1-9(2,3)16-8(15)10(4,7(13)14)5-6(11)12/h5H2,1-4H3,(H,11,12)(H,13,14). The smallest absolute Gasteiger partial charge is 0.324 e. The number of esters is 1. The van der Waals surface area contributed by atoms with Crippen molar-refractivity contribution in [1.29, 1.82) is 0 Å². The molecule has 0 saturated heterocycles. The van der Waals surface area contributed by atoms with Gasteiger partial charge in [-0.3, -0.25) is 14.4 Å². The molecule has 0 amide bonds. The van der Waals surface area contributed by atoms with E-state index in [-0.39, 0.29) is 0 Å². The Kier molecular flexibility index (Phi) is 4.06. The highest BCUT2D eigenvalue weighted by molar-refractivity contribution is 6.01. The van der Waals surface area contributed by atoms with Crippen LogP contribution in [0.3, 0.4) is 0 Å². The van der Waals surface area contributed by atoms with Crippen LogP contribution in [0.1, 0.15) is 34.1 Å². The lowest BCUT2D eigenvalue weighted by molar-refractivity contribution is -0.178. The minimum Gasteiger partial charge on any atom is -0.481 e. The second-order valence-electron chi connectivity index (χ2n) is 4.71. The Balaban J connectivity index is 4.99. The molecule has 0 aliphatic carbocycles. The minimum absolute atomic E-state index is 0.808. The summed E-state index contributed by atoms with van der Waals surface area (Å²) in [7, 11) is 0. The van der Waals surface area contributed by atoms with Gasteiger partial charge in [0, 0.05) is 0 Å². The summed E-state index contributed by atoms with van der Waals surface area (Å²) in [5, 5.41) is 17.5. The summed E-state index contributed by atoms with van der Waals surface area (Å²) < 4.78 is 4.88. The first-order valence-electron chi connectivity index (χ1n) is 4.67. The van der Waals surface area contributed by atoms with E-state index in [2.05, 4.69) is 0 Å². The SMILES string of the molecule is CC(C)(C)OC(=O)C(C)(CC(=O)O)C(=O)O. The van der Waals surface area contributed by atoms with Crippen molar-refractivity contribution in [2.75, 3.05) is 0 Å². The van der Waals surface area contributed by atoms with Crippen molar-refractivity contribution in [3.05, 3.63) is 0 Å². The highest BCUT2D eigenvalue weighted by atomic mass is 16.6. The quantitative estimate of drug-likeness (QED) is 0.551. The molecule has 6 nitrogen and oxygen atoms in total. The van der Waals surface area contributed by atoms with Crippen LogP contribution < -0.4 is 0 Å². The minimum atomic E-state index is -2.06. The molecule has 0 aromatic carbocycles. The van der Waals surface area contributed by atoms with E-state index in [1.54, 1.807) is 20.8 Å². The van der Waals surface area contributed by atoms with E-state index < -0.39 is 35.3 Å². The Morgan fingerprint density at radius 3 is 1.75 bits per heavy atom. The lowest BCUT2D eigenvalue weighted by atomic mass is 9.87. The van der Waals surface area contributed by atoms with Crippen LogP contribution in [0.15, 0.2) is 0 Å². The van der Waals surface area contributed by atoms with Gasteiger partial charge in [0.1, 0.15) is 5.60 Å². The average Bonchev–Trinajstić information content (AvgIpc) is 1.98.